The molecule has 0 unspecified atom stereocenters. The van der Waals surface area contributed by atoms with Gasteiger partial charge in [-0.1, -0.05) is 36.4 Å². The molecule has 142 valence electrons. The van der Waals surface area contributed by atoms with E-state index in [0.717, 1.165) is 6.07 Å². The molecule has 0 bridgehead atoms. The van der Waals surface area contributed by atoms with Crippen molar-refractivity contribution in [2.75, 3.05) is 0 Å². The van der Waals surface area contributed by atoms with Crippen LogP contribution in [0.4, 0.5) is 5.69 Å². The highest BCUT2D eigenvalue weighted by molar-refractivity contribution is 7.87. The van der Waals surface area contributed by atoms with Crippen LogP contribution >= 0.6 is 0 Å². The third-order valence-corrected chi connectivity index (χ3v) is 5.40. The molecule has 0 aromatic heterocycles. The van der Waals surface area contributed by atoms with Crippen molar-refractivity contribution >= 4 is 21.6 Å². The van der Waals surface area contributed by atoms with Gasteiger partial charge in [0, 0.05) is 23.3 Å². The first-order valence-corrected chi connectivity index (χ1v) is 9.58. The molecule has 0 fully saturated rings. The number of benzene rings is 3. The van der Waals surface area contributed by atoms with Gasteiger partial charge in [-0.05, 0) is 36.8 Å². The summed E-state index contributed by atoms with van der Waals surface area (Å²) in [4.78, 5) is 22.3. The van der Waals surface area contributed by atoms with E-state index in [0.29, 0.717) is 16.7 Å². The fourth-order valence-electron chi connectivity index (χ4n) is 2.56. The van der Waals surface area contributed by atoms with Crippen LogP contribution in [0.2, 0.25) is 0 Å². The molecule has 0 saturated carbocycles. The van der Waals surface area contributed by atoms with Crippen molar-refractivity contribution in [3.05, 3.63) is 99.6 Å². The van der Waals surface area contributed by atoms with Crippen LogP contribution in [0.1, 0.15) is 21.5 Å². The van der Waals surface area contributed by atoms with Crippen molar-refractivity contribution in [3.8, 4) is 5.75 Å². The maximum atomic E-state index is 12.5. The highest BCUT2D eigenvalue weighted by Crippen LogP contribution is 2.25. The van der Waals surface area contributed by atoms with E-state index < -0.39 is 15.0 Å². The minimum atomic E-state index is -4.27. The Morgan fingerprint density at radius 1 is 0.929 bits per heavy atom. The molecule has 8 heteroatoms. The molecule has 0 aliphatic rings. The molecule has 7 nitrogen and oxygen atoms in total. The van der Waals surface area contributed by atoms with Crippen LogP contribution in [0.25, 0.3) is 0 Å². The van der Waals surface area contributed by atoms with Crippen LogP contribution in [-0.4, -0.2) is 19.1 Å². The maximum Gasteiger partial charge on any atom is 0.339 e. The van der Waals surface area contributed by atoms with Gasteiger partial charge in [0.2, 0.25) is 0 Å². The van der Waals surface area contributed by atoms with Crippen LogP contribution in [0.3, 0.4) is 0 Å². The topological polar surface area (TPSA) is 104 Å². The number of hydrogen-bond acceptors (Lipinski definition) is 6. The lowest BCUT2D eigenvalue weighted by Crippen LogP contribution is -2.12. The number of rotatable bonds is 6. The van der Waals surface area contributed by atoms with E-state index in [4.69, 9.17) is 4.18 Å². The summed E-state index contributed by atoms with van der Waals surface area (Å²) in [6.07, 6.45) is 0. The average Bonchev–Trinajstić information content (AvgIpc) is 2.68. The van der Waals surface area contributed by atoms with Gasteiger partial charge in [0.1, 0.15) is 10.6 Å². The molecular formula is C20H15NO6S. The summed E-state index contributed by atoms with van der Waals surface area (Å²) in [5.41, 5.74) is 0.858. The summed E-state index contributed by atoms with van der Waals surface area (Å²) >= 11 is 0. The highest BCUT2D eigenvalue weighted by Gasteiger charge is 2.23. The number of nitrogens with zero attached hydrogens (tertiary/aromatic N) is 1. The molecule has 0 radical (unpaired) electrons. The maximum absolute atomic E-state index is 12.5. The Labute approximate surface area is 161 Å². The van der Waals surface area contributed by atoms with Crippen molar-refractivity contribution in [1.29, 1.82) is 0 Å². The predicted octanol–water partition coefficient (Wildman–Crippen LogP) is 3.90. The SMILES string of the molecule is Cc1ccc([N+](=O)[O-])cc1S(=O)(=O)Oc1ccc(C(=O)c2ccccc2)cc1. The quantitative estimate of drug-likeness (QED) is 0.270. The Morgan fingerprint density at radius 3 is 2.14 bits per heavy atom. The van der Waals surface area contributed by atoms with Crippen molar-refractivity contribution in [1.82, 2.24) is 0 Å². The molecule has 0 heterocycles. The zero-order chi connectivity index (χ0) is 20.3. The van der Waals surface area contributed by atoms with E-state index in [1.54, 1.807) is 30.3 Å². The van der Waals surface area contributed by atoms with E-state index in [9.17, 15) is 23.3 Å². The van der Waals surface area contributed by atoms with Crippen LogP contribution in [0, 0.1) is 17.0 Å². The molecule has 3 aromatic carbocycles. The van der Waals surface area contributed by atoms with Crippen molar-refractivity contribution < 1.29 is 22.3 Å². The third-order valence-electron chi connectivity index (χ3n) is 4.01. The average molecular weight is 397 g/mol. The largest absolute Gasteiger partial charge is 0.379 e. The van der Waals surface area contributed by atoms with Crippen LogP contribution in [-0.2, 0) is 10.1 Å². The second-order valence-corrected chi connectivity index (χ2v) is 7.48. The first kappa shape index (κ1) is 19.2. The smallest absolute Gasteiger partial charge is 0.339 e. The Morgan fingerprint density at radius 2 is 1.54 bits per heavy atom. The third kappa shape index (κ3) is 4.07. The number of non-ortho nitro benzene ring substituents is 1. The second kappa shape index (κ2) is 7.61. The Bertz CT molecular complexity index is 1140. The van der Waals surface area contributed by atoms with Gasteiger partial charge in [0.25, 0.3) is 5.69 Å². The zero-order valence-corrected chi connectivity index (χ0v) is 15.5. The van der Waals surface area contributed by atoms with Crippen molar-refractivity contribution in [2.24, 2.45) is 0 Å². The number of hydrogen-bond donors (Lipinski definition) is 0. The van der Waals surface area contributed by atoms with E-state index in [-0.39, 0.29) is 22.1 Å². The number of nitro benzene ring substituents is 1. The van der Waals surface area contributed by atoms with Gasteiger partial charge in [0.05, 0.1) is 4.92 Å². The normalized spacial score (nSPS) is 11.0. The minimum absolute atomic E-state index is 0.00415. The zero-order valence-electron chi connectivity index (χ0n) is 14.7. The summed E-state index contributed by atoms with van der Waals surface area (Å²) in [5.74, 6) is -0.208. The summed E-state index contributed by atoms with van der Waals surface area (Å²) in [6, 6.07) is 17.8. The summed E-state index contributed by atoms with van der Waals surface area (Å²) in [5, 5.41) is 10.9. The molecular weight excluding hydrogens is 382 g/mol. The number of carbonyl (C=O) groups excluding carboxylic acids is 1. The van der Waals surface area contributed by atoms with Crippen LogP contribution in [0.15, 0.2) is 77.7 Å². The number of nitro groups is 1. The molecule has 3 rings (SSSR count). The summed E-state index contributed by atoms with van der Waals surface area (Å²) < 4.78 is 30.1. The predicted molar refractivity (Wildman–Crippen MR) is 102 cm³/mol. The van der Waals surface area contributed by atoms with E-state index >= 15 is 0 Å². The van der Waals surface area contributed by atoms with Gasteiger partial charge < -0.3 is 4.18 Å². The standard InChI is InChI=1S/C20H15NO6S/c1-14-7-10-17(21(23)24)13-19(14)28(25,26)27-18-11-8-16(9-12-18)20(22)15-5-3-2-4-6-15/h2-13H,1H3. The van der Waals surface area contributed by atoms with Crippen LogP contribution < -0.4 is 4.18 Å². The molecule has 0 amide bonds. The van der Waals surface area contributed by atoms with Gasteiger partial charge in [-0.25, -0.2) is 0 Å². The van der Waals surface area contributed by atoms with Gasteiger partial charge >= 0.3 is 10.1 Å². The Kier molecular flexibility index (Phi) is 5.23. The molecule has 0 aliphatic heterocycles. The van der Waals surface area contributed by atoms with Gasteiger partial charge in [-0.3, -0.25) is 14.9 Å². The number of carbonyl (C=O) groups is 1. The van der Waals surface area contributed by atoms with Crippen molar-refractivity contribution in [2.45, 2.75) is 11.8 Å². The van der Waals surface area contributed by atoms with Crippen molar-refractivity contribution in [3.63, 3.8) is 0 Å². The molecule has 0 N–H and O–H groups in total. The number of aryl methyl sites for hydroxylation is 1. The van der Waals surface area contributed by atoms with Gasteiger partial charge in [-0.15, -0.1) is 0 Å². The molecule has 0 spiro atoms. The molecule has 28 heavy (non-hydrogen) atoms. The molecule has 0 saturated heterocycles. The fourth-order valence-corrected chi connectivity index (χ4v) is 3.74. The van der Waals surface area contributed by atoms with Crippen LogP contribution in [0.5, 0.6) is 5.75 Å². The molecule has 0 aliphatic carbocycles. The summed E-state index contributed by atoms with van der Waals surface area (Å²) in [7, 11) is -4.27. The van der Waals surface area contributed by atoms with E-state index in [1.807, 2.05) is 0 Å². The highest BCUT2D eigenvalue weighted by atomic mass is 32.2. The fraction of sp³-hybridized carbons (Fsp3) is 0.0500. The summed E-state index contributed by atoms with van der Waals surface area (Å²) in [6.45, 7) is 1.52. The first-order valence-electron chi connectivity index (χ1n) is 8.17. The van der Waals surface area contributed by atoms with E-state index in [2.05, 4.69) is 0 Å². The lowest BCUT2D eigenvalue weighted by atomic mass is 10.0. The van der Waals surface area contributed by atoms with Gasteiger partial charge in [-0.2, -0.15) is 8.42 Å². The Balaban J connectivity index is 1.85. The number of ketones is 1. The molecule has 0 atom stereocenters. The lowest BCUT2D eigenvalue weighted by molar-refractivity contribution is -0.385. The minimum Gasteiger partial charge on any atom is -0.379 e. The monoisotopic (exact) mass is 397 g/mol. The lowest BCUT2D eigenvalue weighted by Gasteiger charge is -2.10. The molecule has 3 aromatic rings. The van der Waals surface area contributed by atoms with E-state index in [1.165, 1.54) is 43.3 Å². The second-order valence-electron chi connectivity index (χ2n) is 5.96. The first-order chi connectivity index (χ1) is 13.3. The Hall–Kier alpha value is -3.52. The van der Waals surface area contributed by atoms with Gasteiger partial charge in [0.15, 0.2) is 5.78 Å².